The SMILES string of the molecule is O=C(c1cnccn1)N1CCC(NCC(c2ccccc2)N2CCCCCC2)CC1. The van der Waals surface area contributed by atoms with Gasteiger partial charge in [-0.2, -0.15) is 0 Å². The molecular formula is C24H33N5O. The molecule has 160 valence electrons. The molecule has 4 rings (SSSR count). The summed E-state index contributed by atoms with van der Waals surface area (Å²) in [6, 6.07) is 11.8. The van der Waals surface area contributed by atoms with E-state index < -0.39 is 0 Å². The molecule has 0 aliphatic carbocycles. The van der Waals surface area contributed by atoms with E-state index in [1.54, 1.807) is 18.6 Å². The van der Waals surface area contributed by atoms with Gasteiger partial charge in [-0.3, -0.25) is 14.7 Å². The summed E-state index contributed by atoms with van der Waals surface area (Å²) in [6.45, 7) is 4.88. The monoisotopic (exact) mass is 407 g/mol. The molecule has 6 nitrogen and oxygen atoms in total. The van der Waals surface area contributed by atoms with Crippen molar-refractivity contribution in [2.24, 2.45) is 0 Å². The Kier molecular flexibility index (Phi) is 7.43. The maximum absolute atomic E-state index is 12.6. The molecule has 2 fully saturated rings. The highest BCUT2D eigenvalue weighted by atomic mass is 16.2. The summed E-state index contributed by atoms with van der Waals surface area (Å²) in [5.41, 5.74) is 1.84. The summed E-state index contributed by atoms with van der Waals surface area (Å²) in [5, 5.41) is 3.83. The van der Waals surface area contributed by atoms with Gasteiger partial charge in [-0.1, -0.05) is 43.2 Å². The van der Waals surface area contributed by atoms with Crippen molar-refractivity contribution in [3.63, 3.8) is 0 Å². The summed E-state index contributed by atoms with van der Waals surface area (Å²) in [6.07, 6.45) is 12.0. The lowest BCUT2D eigenvalue weighted by atomic mass is 10.0. The molecule has 1 aromatic heterocycles. The van der Waals surface area contributed by atoms with Crippen LogP contribution in [0.25, 0.3) is 0 Å². The minimum atomic E-state index is -0.00622. The molecule has 1 atom stereocenters. The molecular weight excluding hydrogens is 374 g/mol. The van der Waals surface area contributed by atoms with Crippen LogP contribution in [-0.2, 0) is 0 Å². The Bertz CT molecular complexity index is 769. The van der Waals surface area contributed by atoms with Crippen LogP contribution in [0.5, 0.6) is 0 Å². The van der Waals surface area contributed by atoms with Crippen LogP contribution in [0.3, 0.4) is 0 Å². The molecule has 2 aromatic rings. The first-order valence-corrected chi connectivity index (χ1v) is 11.4. The maximum atomic E-state index is 12.6. The number of nitrogens with zero attached hydrogens (tertiary/aromatic N) is 4. The quantitative estimate of drug-likeness (QED) is 0.796. The van der Waals surface area contributed by atoms with Gasteiger partial charge in [0.05, 0.1) is 6.20 Å². The highest BCUT2D eigenvalue weighted by Crippen LogP contribution is 2.24. The lowest BCUT2D eigenvalue weighted by Gasteiger charge is -2.36. The molecule has 30 heavy (non-hydrogen) atoms. The molecule has 3 heterocycles. The topological polar surface area (TPSA) is 61.4 Å². The Morgan fingerprint density at radius 3 is 2.40 bits per heavy atom. The van der Waals surface area contributed by atoms with Gasteiger partial charge in [-0.05, 0) is 44.3 Å². The summed E-state index contributed by atoms with van der Waals surface area (Å²) in [7, 11) is 0. The van der Waals surface area contributed by atoms with E-state index in [0.717, 1.165) is 32.5 Å². The number of likely N-dealkylation sites (tertiary alicyclic amines) is 2. The highest BCUT2D eigenvalue weighted by molar-refractivity contribution is 5.92. The molecule has 0 bridgehead atoms. The van der Waals surface area contributed by atoms with Gasteiger partial charge < -0.3 is 10.2 Å². The average molecular weight is 408 g/mol. The molecule has 1 unspecified atom stereocenters. The van der Waals surface area contributed by atoms with Crippen LogP contribution in [0.1, 0.15) is 60.6 Å². The zero-order valence-corrected chi connectivity index (χ0v) is 17.7. The molecule has 6 heteroatoms. The van der Waals surface area contributed by atoms with E-state index >= 15 is 0 Å². The molecule has 2 aliphatic heterocycles. The minimum absolute atomic E-state index is 0.00622. The van der Waals surface area contributed by atoms with Crippen molar-refractivity contribution < 1.29 is 4.79 Å². The van der Waals surface area contributed by atoms with Gasteiger partial charge in [0.15, 0.2) is 0 Å². The number of amides is 1. The molecule has 1 aromatic carbocycles. The minimum Gasteiger partial charge on any atom is -0.337 e. The third-order valence-electron chi connectivity index (χ3n) is 6.43. The van der Waals surface area contributed by atoms with Crippen molar-refractivity contribution in [3.8, 4) is 0 Å². The largest absolute Gasteiger partial charge is 0.337 e. The maximum Gasteiger partial charge on any atom is 0.274 e. The number of hydrogen-bond donors (Lipinski definition) is 1. The van der Waals surface area contributed by atoms with Gasteiger partial charge in [-0.25, -0.2) is 4.98 Å². The number of piperidine rings is 1. The fourth-order valence-electron chi connectivity index (χ4n) is 4.68. The zero-order valence-electron chi connectivity index (χ0n) is 17.7. The Hall–Kier alpha value is -2.31. The summed E-state index contributed by atoms with van der Waals surface area (Å²) < 4.78 is 0. The van der Waals surface area contributed by atoms with Crippen LogP contribution >= 0.6 is 0 Å². The predicted molar refractivity (Wildman–Crippen MR) is 118 cm³/mol. The Morgan fingerprint density at radius 2 is 1.73 bits per heavy atom. The molecule has 2 saturated heterocycles. The van der Waals surface area contributed by atoms with Gasteiger partial charge in [0.1, 0.15) is 5.69 Å². The van der Waals surface area contributed by atoms with Crippen molar-refractivity contribution in [2.45, 2.75) is 50.6 Å². The second-order valence-electron chi connectivity index (χ2n) is 8.44. The fourth-order valence-corrected chi connectivity index (χ4v) is 4.68. The molecule has 2 aliphatic rings. The van der Waals surface area contributed by atoms with E-state index in [0.29, 0.717) is 17.8 Å². The number of hydrogen-bond acceptors (Lipinski definition) is 5. The van der Waals surface area contributed by atoms with Gasteiger partial charge in [0.25, 0.3) is 5.91 Å². The van der Waals surface area contributed by atoms with E-state index in [-0.39, 0.29) is 5.91 Å². The highest BCUT2D eigenvalue weighted by Gasteiger charge is 2.26. The van der Waals surface area contributed by atoms with Crippen LogP contribution in [-0.4, -0.2) is 64.4 Å². The van der Waals surface area contributed by atoms with E-state index in [9.17, 15) is 4.79 Å². The Morgan fingerprint density at radius 1 is 1.00 bits per heavy atom. The smallest absolute Gasteiger partial charge is 0.274 e. The summed E-state index contributed by atoms with van der Waals surface area (Å²) >= 11 is 0. The molecule has 1 N–H and O–H groups in total. The number of carbonyl (C=O) groups is 1. The number of carbonyl (C=O) groups excluding carboxylic acids is 1. The zero-order chi connectivity index (χ0) is 20.6. The third-order valence-corrected chi connectivity index (χ3v) is 6.43. The molecule has 0 saturated carbocycles. The number of aromatic nitrogens is 2. The van der Waals surface area contributed by atoms with Crippen molar-refractivity contribution in [3.05, 3.63) is 60.2 Å². The van der Waals surface area contributed by atoms with E-state index in [2.05, 4.69) is 50.5 Å². The Labute approximate surface area is 179 Å². The number of benzene rings is 1. The van der Waals surface area contributed by atoms with Crippen molar-refractivity contribution in [1.82, 2.24) is 25.1 Å². The van der Waals surface area contributed by atoms with Crippen LogP contribution in [0.2, 0.25) is 0 Å². The van der Waals surface area contributed by atoms with Crippen molar-refractivity contribution in [2.75, 3.05) is 32.7 Å². The lowest BCUT2D eigenvalue weighted by molar-refractivity contribution is 0.0695. The predicted octanol–water partition coefficient (Wildman–Crippen LogP) is 3.29. The number of nitrogens with one attached hydrogen (secondary N) is 1. The Balaban J connectivity index is 1.32. The van der Waals surface area contributed by atoms with E-state index in [1.807, 2.05) is 4.90 Å². The second-order valence-corrected chi connectivity index (χ2v) is 8.44. The first-order valence-electron chi connectivity index (χ1n) is 11.4. The van der Waals surface area contributed by atoms with Crippen molar-refractivity contribution >= 4 is 5.91 Å². The molecule has 0 spiro atoms. The summed E-state index contributed by atoms with van der Waals surface area (Å²) in [4.78, 5) is 25.3. The van der Waals surface area contributed by atoms with Crippen LogP contribution in [0.4, 0.5) is 0 Å². The molecule has 1 amide bonds. The van der Waals surface area contributed by atoms with Crippen LogP contribution in [0.15, 0.2) is 48.9 Å². The standard InChI is InChI=1S/C24H33N5O/c30-24(22-18-25-12-13-26-22)29-16-10-21(11-17-29)27-19-23(20-8-4-3-5-9-20)28-14-6-1-2-7-15-28/h3-5,8-9,12-13,18,21,23,27H,1-2,6-7,10-11,14-17,19H2. The normalized spacial score (nSPS) is 19.9. The van der Waals surface area contributed by atoms with Crippen LogP contribution < -0.4 is 5.32 Å². The van der Waals surface area contributed by atoms with Gasteiger partial charge in [0, 0.05) is 44.1 Å². The van der Waals surface area contributed by atoms with E-state index in [4.69, 9.17) is 0 Å². The van der Waals surface area contributed by atoms with Crippen molar-refractivity contribution in [1.29, 1.82) is 0 Å². The van der Waals surface area contributed by atoms with Gasteiger partial charge >= 0.3 is 0 Å². The van der Waals surface area contributed by atoms with E-state index in [1.165, 1.54) is 44.3 Å². The number of rotatable bonds is 6. The third kappa shape index (κ3) is 5.43. The lowest BCUT2D eigenvalue weighted by Crippen LogP contribution is -2.47. The van der Waals surface area contributed by atoms with Gasteiger partial charge in [0.2, 0.25) is 0 Å². The summed E-state index contributed by atoms with van der Waals surface area (Å²) in [5.74, 6) is -0.00622. The second kappa shape index (κ2) is 10.6. The first-order chi connectivity index (χ1) is 14.8. The molecule has 0 radical (unpaired) electrons. The first kappa shape index (κ1) is 20.9. The fraction of sp³-hybridized carbons (Fsp3) is 0.542. The van der Waals surface area contributed by atoms with Crippen LogP contribution in [0, 0.1) is 0 Å². The average Bonchev–Trinajstić information content (AvgIpc) is 3.10. The van der Waals surface area contributed by atoms with Gasteiger partial charge in [-0.15, -0.1) is 0 Å².